The normalized spacial score (nSPS) is 21.5. The molecule has 0 amide bonds. The standard InChI is InChI=1S/C11H17N3O/c1-2-11(15)9-6-13-14(8-9)10-4-3-5-12-7-10/h6,8,10,12H,2-5,7H2,1H3. The lowest BCUT2D eigenvalue weighted by Gasteiger charge is -2.22. The van der Waals surface area contributed by atoms with Gasteiger partial charge in [-0.3, -0.25) is 9.48 Å². The minimum atomic E-state index is 0.171. The predicted octanol–water partition coefficient (Wildman–Crippen LogP) is 1.40. The Labute approximate surface area is 89.7 Å². The first-order chi connectivity index (χ1) is 7.31. The average molecular weight is 207 g/mol. The molecule has 0 bridgehead atoms. The van der Waals surface area contributed by atoms with Gasteiger partial charge in [-0.1, -0.05) is 6.92 Å². The van der Waals surface area contributed by atoms with Gasteiger partial charge in [-0.2, -0.15) is 5.10 Å². The summed E-state index contributed by atoms with van der Waals surface area (Å²) < 4.78 is 1.93. The molecule has 2 heterocycles. The van der Waals surface area contributed by atoms with E-state index in [1.807, 2.05) is 17.8 Å². The summed E-state index contributed by atoms with van der Waals surface area (Å²) in [5.74, 6) is 0.171. The number of rotatable bonds is 3. The van der Waals surface area contributed by atoms with Crippen LogP contribution in [0.5, 0.6) is 0 Å². The number of hydrogen-bond acceptors (Lipinski definition) is 3. The number of nitrogens with zero attached hydrogens (tertiary/aromatic N) is 2. The molecule has 1 N–H and O–H groups in total. The lowest BCUT2D eigenvalue weighted by molar-refractivity contribution is 0.0988. The van der Waals surface area contributed by atoms with Crippen LogP contribution in [0.25, 0.3) is 0 Å². The number of hydrogen-bond donors (Lipinski definition) is 1. The van der Waals surface area contributed by atoms with E-state index in [4.69, 9.17) is 0 Å². The summed E-state index contributed by atoms with van der Waals surface area (Å²) in [7, 11) is 0. The third kappa shape index (κ3) is 2.26. The van der Waals surface area contributed by atoms with Crippen LogP contribution in [0.3, 0.4) is 0 Å². The molecule has 4 heteroatoms. The molecule has 1 fully saturated rings. The Balaban J connectivity index is 2.08. The lowest BCUT2D eigenvalue weighted by Crippen LogP contribution is -2.31. The van der Waals surface area contributed by atoms with Crippen LogP contribution >= 0.6 is 0 Å². The second kappa shape index (κ2) is 4.57. The molecule has 1 aromatic heterocycles. The quantitative estimate of drug-likeness (QED) is 0.762. The fourth-order valence-electron chi connectivity index (χ4n) is 1.95. The first-order valence-electron chi connectivity index (χ1n) is 5.59. The zero-order chi connectivity index (χ0) is 10.7. The fourth-order valence-corrected chi connectivity index (χ4v) is 1.95. The van der Waals surface area contributed by atoms with Crippen molar-refractivity contribution in [2.24, 2.45) is 0 Å². The van der Waals surface area contributed by atoms with E-state index >= 15 is 0 Å². The molecule has 0 radical (unpaired) electrons. The summed E-state index contributed by atoms with van der Waals surface area (Å²) >= 11 is 0. The van der Waals surface area contributed by atoms with Gasteiger partial charge in [0, 0.05) is 19.2 Å². The molecule has 1 unspecified atom stereocenters. The van der Waals surface area contributed by atoms with Gasteiger partial charge in [0.15, 0.2) is 5.78 Å². The van der Waals surface area contributed by atoms with Gasteiger partial charge in [0.2, 0.25) is 0 Å². The molecule has 0 aliphatic carbocycles. The van der Waals surface area contributed by atoms with Gasteiger partial charge in [-0.15, -0.1) is 0 Å². The molecular weight excluding hydrogens is 190 g/mol. The molecule has 0 aromatic carbocycles. The van der Waals surface area contributed by atoms with E-state index in [0.29, 0.717) is 12.5 Å². The highest BCUT2D eigenvalue weighted by Gasteiger charge is 2.16. The van der Waals surface area contributed by atoms with Crippen molar-refractivity contribution >= 4 is 5.78 Å². The Hall–Kier alpha value is -1.16. The second-order valence-electron chi connectivity index (χ2n) is 3.99. The van der Waals surface area contributed by atoms with E-state index < -0.39 is 0 Å². The molecule has 15 heavy (non-hydrogen) atoms. The Morgan fingerprint density at radius 2 is 2.60 bits per heavy atom. The van der Waals surface area contributed by atoms with Gasteiger partial charge in [0.1, 0.15) is 0 Å². The van der Waals surface area contributed by atoms with E-state index in [2.05, 4.69) is 10.4 Å². The molecular formula is C11H17N3O. The third-order valence-electron chi connectivity index (χ3n) is 2.89. The van der Waals surface area contributed by atoms with E-state index in [1.165, 1.54) is 6.42 Å². The minimum Gasteiger partial charge on any atom is -0.315 e. The zero-order valence-electron chi connectivity index (χ0n) is 9.07. The highest BCUT2D eigenvalue weighted by atomic mass is 16.1. The number of aromatic nitrogens is 2. The van der Waals surface area contributed by atoms with Crippen LogP contribution in [-0.4, -0.2) is 28.7 Å². The molecule has 1 aliphatic heterocycles. The number of ketones is 1. The summed E-state index contributed by atoms with van der Waals surface area (Å²) in [6, 6.07) is 0.414. The van der Waals surface area contributed by atoms with Crippen molar-refractivity contribution in [1.82, 2.24) is 15.1 Å². The predicted molar refractivity (Wildman–Crippen MR) is 58.0 cm³/mol. The maximum Gasteiger partial charge on any atom is 0.165 e. The maximum atomic E-state index is 11.4. The molecule has 1 aliphatic rings. The van der Waals surface area contributed by atoms with Gasteiger partial charge < -0.3 is 5.32 Å². The number of carbonyl (C=O) groups excluding carboxylic acids is 1. The highest BCUT2D eigenvalue weighted by molar-refractivity contribution is 5.95. The molecule has 1 saturated heterocycles. The van der Waals surface area contributed by atoms with Gasteiger partial charge in [0.25, 0.3) is 0 Å². The summed E-state index contributed by atoms with van der Waals surface area (Å²) in [4.78, 5) is 11.4. The smallest absolute Gasteiger partial charge is 0.165 e. The van der Waals surface area contributed by atoms with Gasteiger partial charge in [-0.25, -0.2) is 0 Å². The van der Waals surface area contributed by atoms with Crippen LogP contribution in [0.1, 0.15) is 42.6 Å². The van der Waals surface area contributed by atoms with Crippen LogP contribution in [-0.2, 0) is 0 Å². The molecule has 1 atom stereocenters. The SMILES string of the molecule is CCC(=O)c1cnn(C2CCCNC2)c1. The Bertz CT molecular complexity index is 339. The first-order valence-corrected chi connectivity index (χ1v) is 5.59. The number of Topliss-reactive ketones (excluding diaryl/α,β-unsaturated/α-hetero) is 1. The molecule has 0 saturated carbocycles. The Kier molecular flexibility index (Phi) is 3.16. The zero-order valence-corrected chi connectivity index (χ0v) is 9.07. The highest BCUT2D eigenvalue weighted by Crippen LogP contribution is 2.16. The van der Waals surface area contributed by atoms with Crippen molar-refractivity contribution in [3.63, 3.8) is 0 Å². The fraction of sp³-hybridized carbons (Fsp3) is 0.636. The van der Waals surface area contributed by atoms with Crippen molar-refractivity contribution in [1.29, 1.82) is 0 Å². The number of carbonyl (C=O) groups is 1. The summed E-state index contributed by atoms with van der Waals surface area (Å²) in [6.07, 6.45) is 6.44. The Morgan fingerprint density at radius 1 is 1.73 bits per heavy atom. The van der Waals surface area contributed by atoms with E-state index in [9.17, 15) is 4.79 Å². The molecule has 4 nitrogen and oxygen atoms in total. The van der Waals surface area contributed by atoms with E-state index in [1.54, 1.807) is 6.20 Å². The van der Waals surface area contributed by atoms with Crippen molar-refractivity contribution in [2.75, 3.05) is 13.1 Å². The molecule has 1 aromatic rings. The molecule has 2 rings (SSSR count). The molecule has 82 valence electrons. The third-order valence-corrected chi connectivity index (χ3v) is 2.89. The number of nitrogens with one attached hydrogen (secondary N) is 1. The van der Waals surface area contributed by atoms with Crippen LogP contribution < -0.4 is 5.32 Å². The van der Waals surface area contributed by atoms with Crippen LogP contribution in [0.4, 0.5) is 0 Å². The second-order valence-corrected chi connectivity index (χ2v) is 3.99. The van der Waals surface area contributed by atoms with Crippen molar-refractivity contribution in [2.45, 2.75) is 32.2 Å². The van der Waals surface area contributed by atoms with Gasteiger partial charge in [-0.05, 0) is 19.4 Å². The van der Waals surface area contributed by atoms with Crippen LogP contribution in [0.15, 0.2) is 12.4 Å². The van der Waals surface area contributed by atoms with Crippen LogP contribution in [0, 0.1) is 0 Å². The van der Waals surface area contributed by atoms with E-state index in [-0.39, 0.29) is 5.78 Å². The van der Waals surface area contributed by atoms with Crippen molar-refractivity contribution in [3.05, 3.63) is 18.0 Å². The summed E-state index contributed by atoms with van der Waals surface area (Å²) in [6.45, 7) is 3.93. The van der Waals surface area contributed by atoms with Gasteiger partial charge in [0.05, 0.1) is 17.8 Å². The minimum absolute atomic E-state index is 0.171. The topological polar surface area (TPSA) is 46.9 Å². The summed E-state index contributed by atoms with van der Waals surface area (Å²) in [5.41, 5.74) is 0.739. The monoisotopic (exact) mass is 207 g/mol. The first kappa shape index (κ1) is 10.4. The number of piperidine rings is 1. The van der Waals surface area contributed by atoms with E-state index in [0.717, 1.165) is 25.1 Å². The average Bonchev–Trinajstić information content (AvgIpc) is 2.78. The lowest BCUT2D eigenvalue weighted by atomic mass is 10.1. The molecule has 0 spiro atoms. The Morgan fingerprint density at radius 3 is 3.27 bits per heavy atom. The van der Waals surface area contributed by atoms with Gasteiger partial charge >= 0.3 is 0 Å². The van der Waals surface area contributed by atoms with Crippen LogP contribution in [0.2, 0.25) is 0 Å². The largest absolute Gasteiger partial charge is 0.315 e. The van der Waals surface area contributed by atoms with Crippen molar-refractivity contribution in [3.8, 4) is 0 Å². The van der Waals surface area contributed by atoms with Crippen molar-refractivity contribution < 1.29 is 4.79 Å². The summed E-state index contributed by atoms with van der Waals surface area (Å²) in [5, 5.41) is 7.60. The maximum absolute atomic E-state index is 11.4.